The van der Waals surface area contributed by atoms with E-state index in [0.29, 0.717) is 12.5 Å². The van der Waals surface area contributed by atoms with Crippen molar-refractivity contribution in [1.29, 1.82) is 0 Å². The molecule has 20 heavy (non-hydrogen) atoms. The zero-order valence-electron chi connectivity index (χ0n) is 11.9. The van der Waals surface area contributed by atoms with E-state index in [1.807, 2.05) is 25.1 Å². The molecule has 0 atom stereocenters. The summed E-state index contributed by atoms with van der Waals surface area (Å²) in [6.07, 6.45) is 0. The Morgan fingerprint density at radius 1 is 1.40 bits per heavy atom. The van der Waals surface area contributed by atoms with Crippen molar-refractivity contribution in [2.24, 2.45) is 0 Å². The minimum Gasteiger partial charge on any atom is -0.491 e. The van der Waals surface area contributed by atoms with E-state index in [9.17, 15) is 0 Å². The van der Waals surface area contributed by atoms with Crippen LogP contribution in [0.5, 0.6) is 5.75 Å². The van der Waals surface area contributed by atoms with Gasteiger partial charge in [0.2, 0.25) is 5.13 Å². The van der Waals surface area contributed by atoms with E-state index in [2.05, 4.69) is 28.5 Å². The zero-order valence-corrected chi connectivity index (χ0v) is 12.7. The zero-order chi connectivity index (χ0) is 14.5. The number of aryl methyl sites for hydroxylation is 1. The van der Waals surface area contributed by atoms with Gasteiger partial charge in [-0.3, -0.25) is 0 Å². The van der Waals surface area contributed by atoms with E-state index >= 15 is 0 Å². The Kier molecular flexibility index (Phi) is 4.92. The van der Waals surface area contributed by atoms with E-state index in [-0.39, 0.29) is 6.61 Å². The maximum Gasteiger partial charge on any atom is 0.207 e. The number of aliphatic hydroxyl groups excluding tert-OH is 1. The lowest BCUT2D eigenvalue weighted by Crippen LogP contribution is -2.03. The maximum atomic E-state index is 8.76. The fraction of sp³-hybridized carbons (Fsp3) is 0.429. The number of ether oxygens (including phenoxy) is 1. The predicted octanol–water partition coefficient (Wildman–Crippen LogP) is 3.08. The summed E-state index contributed by atoms with van der Waals surface area (Å²) < 4.78 is 9.73. The lowest BCUT2D eigenvalue weighted by Gasteiger charge is -2.09. The topological polar surface area (TPSA) is 67.3 Å². The Hall–Kier alpha value is -1.66. The summed E-state index contributed by atoms with van der Waals surface area (Å²) in [5.41, 5.74) is 1.96. The molecule has 0 aliphatic carbocycles. The van der Waals surface area contributed by atoms with Gasteiger partial charge in [0.05, 0.1) is 6.61 Å². The summed E-state index contributed by atoms with van der Waals surface area (Å²) in [6, 6.07) is 5.80. The third-order valence-corrected chi connectivity index (χ3v) is 3.38. The van der Waals surface area contributed by atoms with Gasteiger partial charge in [-0.15, -0.1) is 0 Å². The van der Waals surface area contributed by atoms with Gasteiger partial charge in [-0.25, -0.2) is 4.98 Å². The third-order valence-electron chi connectivity index (χ3n) is 2.73. The Morgan fingerprint density at radius 3 is 2.80 bits per heavy atom. The van der Waals surface area contributed by atoms with Crippen molar-refractivity contribution in [1.82, 2.24) is 9.36 Å². The minimum absolute atomic E-state index is 0.0161. The molecule has 5 nitrogen and oxygen atoms in total. The van der Waals surface area contributed by atoms with E-state index in [1.54, 1.807) is 0 Å². The van der Waals surface area contributed by atoms with Crippen LogP contribution in [0, 0.1) is 6.92 Å². The second-order valence-corrected chi connectivity index (χ2v) is 5.54. The standard InChI is InChI=1S/C14H19N3O2S/c1-9(2)13-16-14(20-17-13)15-11-4-5-12(10(3)8-11)19-7-6-18/h4-5,8-9,18H,6-7H2,1-3H3,(H,15,16,17). The van der Waals surface area contributed by atoms with Gasteiger partial charge >= 0.3 is 0 Å². The number of nitrogens with zero attached hydrogens (tertiary/aromatic N) is 2. The fourth-order valence-corrected chi connectivity index (χ4v) is 2.42. The highest BCUT2D eigenvalue weighted by atomic mass is 32.1. The fourth-order valence-electron chi connectivity index (χ4n) is 1.69. The molecule has 0 radical (unpaired) electrons. The number of aromatic nitrogens is 2. The number of benzene rings is 1. The number of anilines is 2. The van der Waals surface area contributed by atoms with Crippen molar-refractivity contribution in [3.8, 4) is 5.75 Å². The smallest absolute Gasteiger partial charge is 0.207 e. The Balaban J connectivity index is 2.07. The lowest BCUT2D eigenvalue weighted by atomic mass is 10.2. The average molecular weight is 293 g/mol. The summed E-state index contributed by atoms with van der Waals surface area (Å²) >= 11 is 1.36. The Labute approximate surface area is 122 Å². The molecule has 0 saturated heterocycles. The van der Waals surface area contributed by atoms with Gasteiger partial charge < -0.3 is 15.2 Å². The first-order chi connectivity index (χ1) is 9.60. The SMILES string of the molecule is Cc1cc(Nc2nc(C(C)C)ns2)ccc1OCCO. The Bertz CT molecular complexity index is 569. The van der Waals surface area contributed by atoms with E-state index < -0.39 is 0 Å². The van der Waals surface area contributed by atoms with Crippen LogP contribution in [0.15, 0.2) is 18.2 Å². The van der Waals surface area contributed by atoms with E-state index in [4.69, 9.17) is 9.84 Å². The van der Waals surface area contributed by atoms with Gasteiger partial charge in [0, 0.05) is 23.1 Å². The van der Waals surface area contributed by atoms with Crippen LogP contribution < -0.4 is 10.1 Å². The van der Waals surface area contributed by atoms with Crippen LogP contribution in [0.25, 0.3) is 0 Å². The normalized spacial score (nSPS) is 10.8. The van der Waals surface area contributed by atoms with Gasteiger partial charge in [0.1, 0.15) is 18.2 Å². The molecule has 2 N–H and O–H groups in total. The predicted molar refractivity (Wildman–Crippen MR) is 81.0 cm³/mol. The lowest BCUT2D eigenvalue weighted by molar-refractivity contribution is 0.200. The summed E-state index contributed by atoms with van der Waals surface area (Å²) in [4.78, 5) is 4.44. The molecule has 1 heterocycles. The first-order valence-corrected chi connectivity index (χ1v) is 7.32. The minimum atomic E-state index is 0.0161. The molecule has 0 bridgehead atoms. The van der Waals surface area contributed by atoms with Gasteiger partial charge in [-0.05, 0) is 30.7 Å². The highest BCUT2D eigenvalue weighted by molar-refractivity contribution is 7.09. The quantitative estimate of drug-likeness (QED) is 0.856. The molecule has 6 heteroatoms. The molecule has 1 aromatic heterocycles. The summed E-state index contributed by atoms with van der Waals surface area (Å²) in [6.45, 7) is 6.44. The van der Waals surface area contributed by atoms with Gasteiger partial charge in [-0.2, -0.15) is 4.37 Å². The van der Waals surface area contributed by atoms with Crippen molar-refractivity contribution < 1.29 is 9.84 Å². The summed E-state index contributed by atoms with van der Waals surface area (Å²) in [5, 5.41) is 12.8. The molecular formula is C14H19N3O2S. The first-order valence-electron chi connectivity index (χ1n) is 6.55. The molecule has 0 aliphatic heterocycles. The van der Waals surface area contributed by atoms with Crippen LogP contribution in [0.3, 0.4) is 0 Å². The van der Waals surface area contributed by atoms with Crippen LogP contribution in [0.2, 0.25) is 0 Å². The Morgan fingerprint density at radius 2 is 2.20 bits per heavy atom. The summed E-state index contributed by atoms with van der Waals surface area (Å²) in [7, 11) is 0. The molecule has 0 spiro atoms. The second-order valence-electron chi connectivity index (χ2n) is 4.79. The van der Waals surface area contributed by atoms with Crippen LogP contribution in [0.1, 0.15) is 31.2 Å². The molecule has 0 aliphatic rings. The number of nitrogens with one attached hydrogen (secondary N) is 1. The number of aliphatic hydroxyl groups is 1. The number of hydrogen-bond donors (Lipinski definition) is 2. The first kappa shape index (κ1) is 14.7. The van der Waals surface area contributed by atoms with E-state index in [1.165, 1.54) is 11.5 Å². The van der Waals surface area contributed by atoms with Crippen molar-refractivity contribution >= 4 is 22.4 Å². The molecule has 1 aromatic carbocycles. The molecule has 0 amide bonds. The van der Waals surface area contributed by atoms with Gasteiger partial charge in [0.25, 0.3) is 0 Å². The molecule has 0 unspecified atom stereocenters. The van der Waals surface area contributed by atoms with Crippen molar-refractivity contribution in [2.45, 2.75) is 26.7 Å². The summed E-state index contributed by atoms with van der Waals surface area (Å²) in [5.74, 6) is 1.97. The number of rotatable bonds is 6. The molecule has 2 aromatic rings. The van der Waals surface area contributed by atoms with Gasteiger partial charge in [0.15, 0.2) is 0 Å². The monoisotopic (exact) mass is 293 g/mol. The van der Waals surface area contributed by atoms with Crippen LogP contribution in [-0.4, -0.2) is 27.7 Å². The third kappa shape index (κ3) is 3.68. The van der Waals surface area contributed by atoms with E-state index in [0.717, 1.165) is 28.0 Å². The van der Waals surface area contributed by atoms with Crippen LogP contribution in [-0.2, 0) is 0 Å². The van der Waals surface area contributed by atoms with Crippen LogP contribution >= 0.6 is 11.5 Å². The second kappa shape index (κ2) is 6.67. The van der Waals surface area contributed by atoms with Gasteiger partial charge in [-0.1, -0.05) is 13.8 Å². The largest absolute Gasteiger partial charge is 0.491 e. The molecule has 0 fully saturated rings. The van der Waals surface area contributed by atoms with Crippen molar-refractivity contribution in [3.63, 3.8) is 0 Å². The number of hydrogen-bond acceptors (Lipinski definition) is 6. The maximum absolute atomic E-state index is 8.76. The van der Waals surface area contributed by atoms with Crippen molar-refractivity contribution in [3.05, 3.63) is 29.6 Å². The molecule has 108 valence electrons. The van der Waals surface area contributed by atoms with Crippen LogP contribution in [0.4, 0.5) is 10.8 Å². The van der Waals surface area contributed by atoms with Crippen molar-refractivity contribution in [2.75, 3.05) is 18.5 Å². The average Bonchev–Trinajstić information content (AvgIpc) is 2.86. The highest BCUT2D eigenvalue weighted by Gasteiger charge is 2.08. The molecule has 2 rings (SSSR count). The molecular weight excluding hydrogens is 274 g/mol. The highest BCUT2D eigenvalue weighted by Crippen LogP contribution is 2.26. The molecule has 0 saturated carbocycles.